The quantitative estimate of drug-likeness (QED) is 0.454. The summed E-state index contributed by atoms with van der Waals surface area (Å²) in [6, 6.07) is 6.46. The Hall–Kier alpha value is -3.52. The first-order valence-corrected chi connectivity index (χ1v) is 12.2. The lowest BCUT2D eigenvalue weighted by Crippen LogP contribution is -2.49. The van der Waals surface area contributed by atoms with Gasteiger partial charge in [-0.15, -0.1) is 5.10 Å². The molecule has 1 aromatic carbocycles. The van der Waals surface area contributed by atoms with Gasteiger partial charge in [-0.1, -0.05) is 18.0 Å². The van der Waals surface area contributed by atoms with Crippen molar-refractivity contribution in [1.29, 1.82) is 0 Å². The number of carboxylic acid groups (broad SMARTS) is 1. The van der Waals surface area contributed by atoms with Crippen LogP contribution in [-0.2, 0) is 24.1 Å². The predicted molar refractivity (Wildman–Crippen MR) is 127 cm³/mol. The van der Waals surface area contributed by atoms with Gasteiger partial charge < -0.3 is 14.7 Å². The van der Waals surface area contributed by atoms with Gasteiger partial charge in [0.15, 0.2) is 5.82 Å². The van der Waals surface area contributed by atoms with Gasteiger partial charge in [0.1, 0.15) is 6.54 Å². The van der Waals surface area contributed by atoms with E-state index in [1.807, 2.05) is 11.2 Å². The van der Waals surface area contributed by atoms with Crippen LogP contribution < -0.4 is 4.72 Å². The van der Waals surface area contributed by atoms with Gasteiger partial charge in [-0.3, -0.25) is 14.4 Å². The summed E-state index contributed by atoms with van der Waals surface area (Å²) in [5.74, 6) is -0.525. The summed E-state index contributed by atoms with van der Waals surface area (Å²) in [5, 5.41) is 17.3. The Kier molecular flexibility index (Phi) is 7.54. The fourth-order valence-corrected chi connectivity index (χ4v) is 4.25. The van der Waals surface area contributed by atoms with Crippen LogP contribution in [-0.4, -0.2) is 78.9 Å². The van der Waals surface area contributed by atoms with Crippen LogP contribution in [0.1, 0.15) is 11.1 Å². The Balaban J connectivity index is 1.47. The summed E-state index contributed by atoms with van der Waals surface area (Å²) in [5.41, 5.74) is 0.375. The van der Waals surface area contributed by atoms with Gasteiger partial charge in [0.05, 0.1) is 11.3 Å². The van der Waals surface area contributed by atoms with Crippen molar-refractivity contribution < 1.29 is 27.9 Å². The average Bonchev–Trinajstić information content (AvgIpc) is 3.48. The third-order valence-corrected chi connectivity index (χ3v) is 6.09. The molecule has 2 aromatic heterocycles. The Bertz CT molecular complexity index is 1240. The lowest BCUT2D eigenvalue weighted by molar-refractivity contribution is -0.138. The van der Waals surface area contributed by atoms with E-state index in [1.54, 1.807) is 17.2 Å². The first-order chi connectivity index (χ1) is 17.1. The summed E-state index contributed by atoms with van der Waals surface area (Å²) < 4.78 is 45.6. The summed E-state index contributed by atoms with van der Waals surface area (Å²) in [4.78, 5) is 27.4. The fourth-order valence-electron chi connectivity index (χ4n) is 3.93. The molecule has 0 saturated carbocycles. The highest BCUT2D eigenvalue weighted by Crippen LogP contribution is 2.34. The number of alkyl halides is 3. The monoisotopic (exact) mass is 523 g/mol. The maximum atomic E-state index is 13.4. The second-order valence-electron chi connectivity index (χ2n) is 8.16. The summed E-state index contributed by atoms with van der Waals surface area (Å²) in [7, 11) is 0. The normalized spacial score (nSPS) is 14.7. The largest absolute Gasteiger partial charge is 0.480 e. The van der Waals surface area contributed by atoms with Crippen LogP contribution in [0.2, 0.25) is 0 Å². The first kappa shape index (κ1) is 25.6. The zero-order valence-corrected chi connectivity index (χ0v) is 20.1. The average molecular weight is 524 g/mol. The maximum Gasteiger partial charge on any atom is 0.416 e. The number of carbonyl (C=O) groups excluding carboxylic acids is 1. The van der Waals surface area contributed by atoms with Crippen molar-refractivity contribution in [1.82, 2.24) is 29.4 Å². The number of rotatable bonds is 7. The molecule has 10 nitrogen and oxygen atoms in total. The number of carboxylic acids is 1. The molecule has 36 heavy (non-hydrogen) atoms. The molecule has 1 aliphatic rings. The molecule has 0 aliphatic carbocycles. The minimum absolute atomic E-state index is 0.247. The number of anilines is 1. The van der Waals surface area contributed by atoms with Gasteiger partial charge in [0.25, 0.3) is 0 Å². The van der Waals surface area contributed by atoms with E-state index in [2.05, 4.69) is 14.9 Å². The number of halogens is 3. The van der Waals surface area contributed by atoms with E-state index < -0.39 is 24.3 Å². The first-order valence-electron chi connectivity index (χ1n) is 11.0. The molecule has 3 heterocycles. The van der Waals surface area contributed by atoms with Gasteiger partial charge in [-0.05, 0) is 23.8 Å². The molecule has 3 aromatic rings. The molecular formula is C22H24F3N7O3S. The molecule has 192 valence electrons. The standard InChI is InChI=1S/C22H24F3N7O3S/c1-36-28-19-5-7-32(27-19)21(35)30-10-8-29(9-11-30)13-15-2-3-16(22(23,24)25)12-17(15)18-4-6-31(26-18)14-20(33)34/h2-7,12H,8-11,13-14H2,1H3,(H,27,28)(H,33,34). The number of aromatic nitrogens is 4. The summed E-state index contributed by atoms with van der Waals surface area (Å²) >= 11 is 1.37. The fraction of sp³-hybridized carbons (Fsp3) is 0.364. The number of benzene rings is 1. The van der Waals surface area contributed by atoms with Crippen LogP contribution in [0.5, 0.6) is 0 Å². The van der Waals surface area contributed by atoms with Crippen molar-refractivity contribution in [3.8, 4) is 11.3 Å². The number of carbonyl (C=O) groups is 2. The van der Waals surface area contributed by atoms with Crippen molar-refractivity contribution >= 4 is 29.8 Å². The van der Waals surface area contributed by atoms with Gasteiger partial charge in [-0.25, -0.2) is 4.79 Å². The molecule has 0 spiro atoms. The molecule has 1 aliphatic heterocycles. The number of hydrogen-bond acceptors (Lipinski definition) is 7. The van der Waals surface area contributed by atoms with Crippen LogP contribution in [0.15, 0.2) is 42.7 Å². The topological polar surface area (TPSA) is 109 Å². The van der Waals surface area contributed by atoms with Crippen LogP contribution in [0.25, 0.3) is 11.3 Å². The van der Waals surface area contributed by atoms with Crippen LogP contribution >= 0.6 is 11.9 Å². The van der Waals surface area contributed by atoms with Gasteiger partial charge in [-0.2, -0.15) is 23.0 Å². The molecule has 0 radical (unpaired) electrons. The minimum atomic E-state index is -4.53. The number of aliphatic carboxylic acids is 1. The Morgan fingerprint density at radius 3 is 2.50 bits per heavy atom. The molecule has 14 heteroatoms. The van der Waals surface area contributed by atoms with E-state index in [0.717, 1.165) is 12.1 Å². The van der Waals surface area contributed by atoms with Crippen molar-refractivity contribution in [2.45, 2.75) is 19.3 Å². The van der Waals surface area contributed by atoms with Gasteiger partial charge in [0, 0.05) is 63.0 Å². The smallest absolute Gasteiger partial charge is 0.416 e. The van der Waals surface area contributed by atoms with Crippen LogP contribution in [0.3, 0.4) is 0 Å². The third kappa shape index (κ3) is 5.99. The zero-order chi connectivity index (χ0) is 25.9. The van der Waals surface area contributed by atoms with E-state index in [-0.39, 0.29) is 17.3 Å². The van der Waals surface area contributed by atoms with Gasteiger partial charge >= 0.3 is 18.2 Å². The van der Waals surface area contributed by atoms with Crippen LogP contribution in [0.4, 0.5) is 23.8 Å². The SMILES string of the molecule is CSNc1ccn(C(=O)N2CCN(Cc3ccc(C(F)(F)F)cc3-c3ccn(CC(=O)O)n3)CC2)n1. The Morgan fingerprint density at radius 1 is 1.08 bits per heavy atom. The molecule has 2 N–H and O–H groups in total. The Labute approximate surface area is 208 Å². The molecule has 0 bridgehead atoms. The summed E-state index contributed by atoms with van der Waals surface area (Å²) in [6.45, 7) is 1.88. The number of nitrogens with zero attached hydrogens (tertiary/aromatic N) is 6. The van der Waals surface area contributed by atoms with Crippen molar-refractivity contribution in [2.75, 3.05) is 37.2 Å². The molecular weight excluding hydrogens is 499 g/mol. The van der Waals surface area contributed by atoms with E-state index in [0.29, 0.717) is 44.1 Å². The Morgan fingerprint density at radius 2 is 1.83 bits per heavy atom. The maximum absolute atomic E-state index is 13.4. The number of nitrogens with one attached hydrogen (secondary N) is 1. The highest BCUT2D eigenvalue weighted by Gasteiger charge is 2.32. The van der Waals surface area contributed by atoms with Crippen molar-refractivity contribution in [3.63, 3.8) is 0 Å². The van der Waals surface area contributed by atoms with Crippen molar-refractivity contribution in [3.05, 3.63) is 53.9 Å². The highest BCUT2D eigenvalue weighted by molar-refractivity contribution is 7.99. The number of piperazine rings is 1. The molecule has 1 fully saturated rings. The van der Waals surface area contributed by atoms with E-state index in [9.17, 15) is 22.8 Å². The van der Waals surface area contributed by atoms with E-state index >= 15 is 0 Å². The minimum Gasteiger partial charge on any atom is -0.480 e. The number of amides is 1. The van der Waals surface area contributed by atoms with E-state index in [1.165, 1.54) is 39.6 Å². The summed E-state index contributed by atoms with van der Waals surface area (Å²) in [6.07, 6.45) is 0.336. The van der Waals surface area contributed by atoms with E-state index in [4.69, 9.17) is 5.11 Å². The highest BCUT2D eigenvalue weighted by atomic mass is 32.2. The molecule has 0 unspecified atom stereocenters. The van der Waals surface area contributed by atoms with Gasteiger partial charge in [0.2, 0.25) is 0 Å². The predicted octanol–water partition coefficient (Wildman–Crippen LogP) is 3.33. The van der Waals surface area contributed by atoms with Crippen LogP contribution in [0, 0.1) is 0 Å². The molecule has 0 atom stereocenters. The molecule has 1 saturated heterocycles. The number of hydrogen-bond donors (Lipinski definition) is 2. The second-order valence-corrected chi connectivity index (χ2v) is 8.77. The molecule has 4 rings (SSSR count). The lowest BCUT2D eigenvalue weighted by Gasteiger charge is -2.34. The zero-order valence-electron chi connectivity index (χ0n) is 19.3. The lowest BCUT2D eigenvalue weighted by atomic mass is 10.00. The second kappa shape index (κ2) is 10.6. The van der Waals surface area contributed by atoms with Crippen molar-refractivity contribution in [2.24, 2.45) is 0 Å². The molecule has 1 amide bonds. The third-order valence-electron chi connectivity index (χ3n) is 5.68.